The Morgan fingerprint density at radius 3 is 2.68 bits per heavy atom. The highest BCUT2D eigenvalue weighted by molar-refractivity contribution is 6.33. The van der Waals surface area contributed by atoms with Crippen LogP contribution in [0, 0.1) is 0 Å². The van der Waals surface area contributed by atoms with Crippen LogP contribution >= 0.6 is 11.6 Å². The Morgan fingerprint density at radius 2 is 2.11 bits per heavy atom. The van der Waals surface area contributed by atoms with E-state index in [2.05, 4.69) is 10.4 Å². The highest BCUT2D eigenvalue weighted by Gasteiger charge is 2.46. The smallest absolute Gasteiger partial charge is 0.322 e. The molecule has 1 aliphatic heterocycles. The zero-order valence-corrected chi connectivity index (χ0v) is 11.4. The first-order chi connectivity index (χ1) is 8.98. The third-order valence-corrected chi connectivity index (χ3v) is 3.51. The number of amides is 3. The Morgan fingerprint density at radius 1 is 1.42 bits per heavy atom. The van der Waals surface area contributed by atoms with Crippen molar-refractivity contribution in [1.82, 2.24) is 10.3 Å². The van der Waals surface area contributed by atoms with Crippen molar-refractivity contribution in [3.8, 4) is 0 Å². The molecule has 0 bridgehead atoms. The molecule has 1 N–H and O–H groups in total. The number of carbonyl (C=O) groups excluding carboxylic acids is 2. The number of rotatable bonds is 3. The molecule has 0 spiro atoms. The number of halogens is 1. The number of nitrogens with one attached hydrogen (secondary N) is 1. The predicted molar refractivity (Wildman–Crippen MR) is 73.1 cm³/mol. The van der Waals surface area contributed by atoms with Gasteiger partial charge in [-0.25, -0.2) is 4.79 Å². The van der Waals surface area contributed by atoms with Crippen LogP contribution in [0.4, 0.5) is 4.79 Å². The monoisotopic (exact) mass is 279 g/mol. The molecule has 1 aliphatic rings. The molecular weight excluding hydrogens is 266 g/mol. The van der Waals surface area contributed by atoms with E-state index in [-0.39, 0.29) is 5.91 Å². The van der Waals surface area contributed by atoms with Crippen molar-refractivity contribution in [2.45, 2.75) is 25.8 Å². The Balaban J connectivity index is 2.23. The van der Waals surface area contributed by atoms with Crippen molar-refractivity contribution < 1.29 is 9.59 Å². The van der Waals surface area contributed by atoms with Gasteiger partial charge in [-0.3, -0.25) is 4.79 Å². The van der Waals surface area contributed by atoms with E-state index >= 15 is 0 Å². The molecule has 0 saturated carbocycles. The molecule has 1 aromatic rings. The Hall–Kier alpha value is -1.88. The maximum atomic E-state index is 12.1. The predicted octanol–water partition coefficient (Wildman–Crippen LogP) is 2.39. The van der Waals surface area contributed by atoms with Crippen LogP contribution in [0.2, 0.25) is 5.02 Å². The lowest BCUT2D eigenvalue weighted by Crippen LogP contribution is -2.42. The molecule has 2 rings (SSSR count). The van der Waals surface area contributed by atoms with Gasteiger partial charge in [-0.2, -0.15) is 5.10 Å². The third-order valence-electron chi connectivity index (χ3n) is 3.16. The van der Waals surface area contributed by atoms with Gasteiger partial charge in [-0.15, -0.1) is 5.01 Å². The van der Waals surface area contributed by atoms with Gasteiger partial charge in [0.2, 0.25) is 0 Å². The topological polar surface area (TPSA) is 61.8 Å². The zero-order chi connectivity index (χ0) is 14.0. The number of hydrogen-bond donors (Lipinski definition) is 1. The van der Waals surface area contributed by atoms with E-state index in [4.69, 9.17) is 11.6 Å². The number of imide groups is 1. The van der Waals surface area contributed by atoms with E-state index in [9.17, 15) is 9.59 Å². The zero-order valence-electron chi connectivity index (χ0n) is 10.7. The van der Waals surface area contributed by atoms with Gasteiger partial charge in [-0.1, -0.05) is 36.7 Å². The van der Waals surface area contributed by atoms with E-state index in [1.54, 1.807) is 31.2 Å². The minimum Gasteiger partial charge on any atom is -0.322 e. The number of nitrogens with zero attached hydrogens (tertiary/aromatic N) is 2. The van der Waals surface area contributed by atoms with Crippen molar-refractivity contribution >= 4 is 29.8 Å². The Bertz CT molecular complexity index is 559. The van der Waals surface area contributed by atoms with Crippen molar-refractivity contribution in [1.29, 1.82) is 0 Å². The normalized spacial score (nSPS) is 23.2. The summed E-state index contributed by atoms with van der Waals surface area (Å²) in [6.07, 6.45) is 1.91. The number of benzene rings is 1. The number of urea groups is 1. The lowest BCUT2D eigenvalue weighted by Gasteiger charge is -2.17. The van der Waals surface area contributed by atoms with Crippen LogP contribution in [-0.4, -0.2) is 28.7 Å². The molecule has 1 saturated heterocycles. The standard InChI is InChI=1S/C13H14ClN3O2/c1-3-13(2)11(18)17(12(19)16-13)15-8-9-6-4-5-7-10(9)14/h4-8H,3H2,1-2H3,(H,16,19). The molecule has 3 amide bonds. The van der Waals surface area contributed by atoms with Crippen LogP contribution in [0.15, 0.2) is 29.4 Å². The first kappa shape index (κ1) is 13.5. The van der Waals surface area contributed by atoms with E-state index in [0.29, 0.717) is 17.0 Å². The fourth-order valence-electron chi connectivity index (χ4n) is 1.71. The first-order valence-electron chi connectivity index (χ1n) is 5.93. The lowest BCUT2D eigenvalue weighted by atomic mass is 10.00. The van der Waals surface area contributed by atoms with Crippen molar-refractivity contribution in [3.05, 3.63) is 34.9 Å². The Kier molecular flexibility index (Phi) is 3.57. The average Bonchev–Trinajstić information content (AvgIpc) is 2.61. The molecule has 1 unspecified atom stereocenters. The van der Waals surface area contributed by atoms with Gasteiger partial charge in [0.1, 0.15) is 5.54 Å². The molecule has 0 aromatic heterocycles. The summed E-state index contributed by atoms with van der Waals surface area (Å²) < 4.78 is 0. The molecule has 1 heterocycles. The Labute approximate surface area is 116 Å². The van der Waals surface area contributed by atoms with Crippen LogP contribution in [0.3, 0.4) is 0 Å². The molecule has 1 aromatic carbocycles. The van der Waals surface area contributed by atoms with E-state index in [0.717, 1.165) is 5.01 Å². The van der Waals surface area contributed by atoms with Crippen LogP contribution < -0.4 is 5.32 Å². The van der Waals surface area contributed by atoms with Crippen molar-refractivity contribution in [2.75, 3.05) is 0 Å². The third kappa shape index (κ3) is 2.46. The molecular formula is C13H14ClN3O2. The molecule has 0 aliphatic carbocycles. The van der Waals surface area contributed by atoms with E-state index in [1.165, 1.54) is 6.21 Å². The summed E-state index contributed by atoms with van der Waals surface area (Å²) in [5.74, 6) is -0.358. The molecule has 1 atom stereocenters. The highest BCUT2D eigenvalue weighted by atomic mass is 35.5. The number of hydrogen-bond acceptors (Lipinski definition) is 3. The fourth-order valence-corrected chi connectivity index (χ4v) is 1.90. The van der Waals surface area contributed by atoms with Gasteiger partial charge in [0.25, 0.3) is 5.91 Å². The van der Waals surface area contributed by atoms with Gasteiger partial charge in [0.05, 0.1) is 6.21 Å². The van der Waals surface area contributed by atoms with Crippen LogP contribution in [0.5, 0.6) is 0 Å². The summed E-state index contributed by atoms with van der Waals surface area (Å²) in [6, 6.07) is 6.54. The average molecular weight is 280 g/mol. The van der Waals surface area contributed by atoms with Gasteiger partial charge >= 0.3 is 6.03 Å². The highest BCUT2D eigenvalue weighted by Crippen LogP contribution is 2.21. The largest absolute Gasteiger partial charge is 0.346 e. The van der Waals surface area contributed by atoms with Crippen LogP contribution in [-0.2, 0) is 4.79 Å². The van der Waals surface area contributed by atoms with Gasteiger partial charge in [-0.05, 0) is 19.4 Å². The summed E-state index contributed by atoms with van der Waals surface area (Å²) in [4.78, 5) is 23.8. The van der Waals surface area contributed by atoms with Gasteiger partial charge in [0, 0.05) is 10.6 Å². The second-order valence-electron chi connectivity index (χ2n) is 4.50. The maximum Gasteiger partial charge on any atom is 0.346 e. The molecule has 19 heavy (non-hydrogen) atoms. The summed E-state index contributed by atoms with van der Waals surface area (Å²) >= 11 is 5.97. The summed E-state index contributed by atoms with van der Waals surface area (Å²) in [6.45, 7) is 3.51. The second-order valence-corrected chi connectivity index (χ2v) is 4.91. The molecule has 1 fully saturated rings. The summed E-state index contributed by atoms with van der Waals surface area (Å²) in [5, 5.41) is 7.89. The van der Waals surface area contributed by atoms with Crippen molar-refractivity contribution in [2.24, 2.45) is 5.10 Å². The fraction of sp³-hybridized carbons (Fsp3) is 0.308. The summed E-state index contributed by atoms with van der Waals surface area (Å²) in [5.41, 5.74) is -0.232. The van der Waals surface area contributed by atoms with E-state index < -0.39 is 11.6 Å². The lowest BCUT2D eigenvalue weighted by molar-refractivity contribution is -0.130. The van der Waals surface area contributed by atoms with E-state index in [1.807, 2.05) is 6.92 Å². The number of carbonyl (C=O) groups is 2. The molecule has 6 heteroatoms. The molecule has 5 nitrogen and oxygen atoms in total. The van der Waals surface area contributed by atoms with Crippen molar-refractivity contribution in [3.63, 3.8) is 0 Å². The number of hydrazone groups is 1. The van der Waals surface area contributed by atoms with Crippen LogP contribution in [0.25, 0.3) is 0 Å². The minimum atomic E-state index is -0.880. The molecule has 100 valence electrons. The molecule has 0 radical (unpaired) electrons. The second kappa shape index (κ2) is 5.01. The van der Waals surface area contributed by atoms with Crippen LogP contribution in [0.1, 0.15) is 25.8 Å². The van der Waals surface area contributed by atoms with Gasteiger partial charge < -0.3 is 5.32 Å². The SMILES string of the molecule is CCC1(C)NC(=O)N(N=Cc2ccccc2Cl)C1=O. The quantitative estimate of drug-likeness (QED) is 0.682. The maximum absolute atomic E-state index is 12.1. The first-order valence-corrected chi connectivity index (χ1v) is 6.31. The van der Waals surface area contributed by atoms with Gasteiger partial charge in [0.15, 0.2) is 0 Å². The minimum absolute atomic E-state index is 0.358. The summed E-state index contributed by atoms with van der Waals surface area (Å²) in [7, 11) is 0.